The van der Waals surface area contributed by atoms with Crippen LogP contribution in [0.15, 0.2) is 24.3 Å². The molecule has 1 aromatic carbocycles. The molecule has 122 valence electrons. The summed E-state index contributed by atoms with van der Waals surface area (Å²) in [6, 6.07) is 10.5. The van der Waals surface area contributed by atoms with Crippen molar-refractivity contribution in [2.24, 2.45) is 0 Å². The third-order valence-electron chi connectivity index (χ3n) is 6.55. The summed E-state index contributed by atoms with van der Waals surface area (Å²) >= 11 is 0. The molecule has 2 fully saturated rings. The lowest BCUT2D eigenvalue weighted by Crippen LogP contribution is -2.74. The van der Waals surface area contributed by atoms with E-state index in [0.29, 0.717) is 12.2 Å². The lowest BCUT2D eigenvalue weighted by Gasteiger charge is -2.54. The molecule has 0 N–H and O–H groups in total. The molecule has 2 atom stereocenters. The van der Waals surface area contributed by atoms with E-state index < -0.39 is 22.5 Å². The van der Waals surface area contributed by atoms with Gasteiger partial charge in [0, 0.05) is 14.0 Å². The molecule has 2 heterocycles. The van der Waals surface area contributed by atoms with Gasteiger partial charge in [-0.1, -0.05) is 50.5 Å². The predicted molar refractivity (Wildman–Crippen MR) is 101 cm³/mol. The number of hydrogen-bond donors (Lipinski definition) is 0. The highest BCUT2D eigenvalue weighted by atomic mass is 29.6. The van der Waals surface area contributed by atoms with Crippen molar-refractivity contribution in [1.82, 2.24) is 0 Å². The Balaban J connectivity index is 1.79. The Hall–Kier alpha value is -0.209. The van der Waals surface area contributed by atoms with Crippen molar-refractivity contribution < 1.29 is 9.16 Å². The summed E-state index contributed by atoms with van der Waals surface area (Å²) in [5.41, 5.74) is 2.79. The van der Waals surface area contributed by atoms with Gasteiger partial charge in [-0.25, -0.2) is 0 Å². The SMILES string of the molecule is C[Si]1(C)CC(c2ccc(CC3CO3)cc2)O[Si](C)(C)[Si]1(C)C. The first-order valence-corrected chi connectivity index (χ1v) is 19.6. The van der Waals surface area contributed by atoms with Gasteiger partial charge in [0.2, 0.25) is 0 Å². The molecular weight excluding hydrogens is 320 g/mol. The normalized spacial score (nSPS) is 31.7. The number of ether oxygens (including phenoxy) is 1. The Morgan fingerprint density at radius 3 is 2.09 bits per heavy atom. The van der Waals surface area contributed by atoms with Crippen LogP contribution < -0.4 is 0 Å². The predicted octanol–water partition coefficient (Wildman–Crippen LogP) is 4.48. The van der Waals surface area contributed by atoms with Gasteiger partial charge in [0.05, 0.1) is 25.9 Å². The lowest BCUT2D eigenvalue weighted by molar-refractivity contribution is 0.219. The minimum atomic E-state index is -1.55. The van der Waals surface area contributed by atoms with Crippen molar-refractivity contribution in [2.75, 3.05) is 6.61 Å². The van der Waals surface area contributed by atoms with Crippen LogP contribution in [0.1, 0.15) is 17.2 Å². The Morgan fingerprint density at radius 1 is 1.00 bits per heavy atom. The van der Waals surface area contributed by atoms with Gasteiger partial charge in [0.15, 0.2) is 7.83 Å². The highest BCUT2D eigenvalue weighted by molar-refractivity contribution is 7.67. The molecule has 0 aromatic heterocycles. The average Bonchev–Trinajstić information content (AvgIpc) is 3.20. The van der Waals surface area contributed by atoms with Gasteiger partial charge in [-0.05, 0) is 30.3 Å². The maximum atomic E-state index is 6.75. The molecule has 2 saturated heterocycles. The summed E-state index contributed by atoms with van der Waals surface area (Å²) in [5, 5.41) is 0. The molecule has 0 spiro atoms. The molecule has 2 unspecified atom stereocenters. The minimum Gasteiger partial charge on any atom is -0.414 e. The maximum Gasteiger partial charge on any atom is 0.172 e. The fourth-order valence-corrected chi connectivity index (χ4v) is 32.8. The molecule has 0 saturated carbocycles. The zero-order chi connectivity index (χ0) is 16.2. The fourth-order valence-electron chi connectivity index (χ4n) is 3.58. The first-order chi connectivity index (χ1) is 10.1. The lowest BCUT2D eigenvalue weighted by atomic mass is 10.1. The molecule has 2 nitrogen and oxygen atoms in total. The van der Waals surface area contributed by atoms with Crippen LogP contribution in [0, 0.1) is 0 Å². The average molecular weight is 351 g/mol. The molecule has 22 heavy (non-hydrogen) atoms. The van der Waals surface area contributed by atoms with E-state index in [0.717, 1.165) is 13.0 Å². The summed E-state index contributed by atoms with van der Waals surface area (Å²) in [6.45, 7) is 16.3. The smallest absolute Gasteiger partial charge is 0.172 e. The van der Waals surface area contributed by atoms with Crippen LogP contribution in [0.4, 0.5) is 0 Å². The number of epoxide rings is 1. The maximum absolute atomic E-state index is 6.75. The molecule has 0 amide bonds. The molecule has 1 aromatic rings. The Labute approximate surface area is 138 Å². The Morgan fingerprint density at radius 2 is 1.59 bits per heavy atom. The topological polar surface area (TPSA) is 21.8 Å². The third kappa shape index (κ3) is 2.94. The van der Waals surface area contributed by atoms with Gasteiger partial charge < -0.3 is 9.16 Å². The van der Waals surface area contributed by atoms with E-state index in [1.165, 1.54) is 17.2 Å². The molecule has 5 heteroatoms. The van der Waals surface area contributed by atoms with Crippen molar-refractivity contribution in [1.29, 1.82) is 0 Å². The number of benzene rings is 1. The zero-order valence-corrected chi connectivity index (χ0v) is 17.9. The van der Waals surface area contributed by atoms with Gasteiger partial charge in [0.25, 0.3) is 0 Å². The van der Waals surface area contributed by atoms with E-state index in [1.807, 2.05) is 0 Å². The van der Waals surface area contributed by atoms with Crippen LogP contribution in [0.2, 0.25) is 45.3 Å². The van der Waals surface area contributed by atoms with Crippen molar-refractivity contribution in [3.05, 3.63) is 35.4 Å². The molecule has 0 aliphatic carbocycles. The van der Waals surface area contributed by atoms with Crippen LogP contribution in [0.25, 0.3) is 0 Å². The van der Waals surface area contributed by atoms with Gasteiger partial charge in [-0.15, -0.1) is 0 Å². The quantitative estimate of drug-likeness (QED) is 0.592. The van der Waals surface area contributed by atoms with Gasteiger partial charge in [-0.2, -0.15) is 0 Å². The van der Waals surface area contributed by atoms with E-state index in [4.69, 9.17) is 9.16 Å². The van der Waals surface area contributed by atoms with Crippen LogP contribution in [-0.4, -0.2) is 35.2 Å². The monoisotopic (exact) mass is 350 g/mol. The van der Waals surface area contributed by atoms with E-state index in [2.05, 4.69) is 63.5 Å². The standard InChI is InChI=1S/C17H30O2Si3/c1-20(2)13-17(19-21(3,4)22(20,5)6)15-9-7-14(8-10-15)11-16-12-18-16/h7-10,16-17H,11-13H2,1-6H3. The summed E-state index contributed by atoms with van der Waals surface area (Å²) in [5.74, 6) is 0. The Kier molecular flexibility index (Phi) is 4.09. The largest absolute Gasteiger partial charge is 0.414 e. The minimum absolute atomic E-state index is 0.343. The van der Waals surface area contributed by atoms with Crippen LogP contribution in [-0.2, 0) is 15.6 Å². The van der Waals surface area contributed by atoms with E-state index in [9.17, 15) is 0 Å². The van der Waals surface area contributed by atoms with Crippen molar-refractivity contribution in [3.8, 4) is 0 Å². The zero-order valence-electron chi connectivity index (χ0n) is 14.9. The molecule has 2 aliphatic heterocycles. The van der Waals surface area contributed by atoms with Crippen LogP contribution in [0.5, 0.6) is 0 Å². The molecule has 0 bridgehead atoms. The number of rotatable bonds is 3. The summed E-state index contributed by atoms with van der Waals surface area (Å²) < 4.78 is 12.1. The van der Waals surface area contributed by atoms with Crippen LogP contribution >= 0.6 is 0 Å². The first-order valence-electron chi connectivity index (χ1n) is 8.51. The second-order valence-electron chi connectivity index (χ2n) is 8.73. The fraction of sp³-hybridized carbons (Fsp3) is 0.647. The summed E-state index contributed by atoms with van der Waals surface area (Å²) in [7, 11) is -3.93. The summed E-state index contributed by atoms with van der Waals surface area (Å²) in [6.07, 6.45) is 1.88. The van der Waals surface area contributed by atoms with Gasteiger partial charge in [0.1, 0.15) is 0 Å². The van der Waals surface area contributed by atoms with Crippen molar-refractivity contribution in [2.45, 2.75) is 64.0 Å². The molecular formula is C17H30O2Si3. The highest BCUT2D eigenvalue weighted by Crippen LogP contribution is 2.44. The highest BCUT2D eigenvalue weighted by Gasteiger charge is 2.58. The van der Waals surface area contributed by atoms with Crippen molar-refractivity contribution in [3.63, 3.8) is 0 Å². The first kappa shape index (κ1) is 16.6. The summed E-state index contributed by atoms with van der Waals surface area (Å²) in [4.78, 5) is 0. The number of hydrogen-bond acceptors (Lipinski definition) is 2. The van der Waals surface area contributed by atoms with Crippen LogP contribution in [0.3, 0.4) is 0 Å². The second-order valence-corrected chi connectivity index (χ2v) is 36.1. The molecule has 3 rings (SSSR count). The molecule has 2 aliphatic rings. The Bertz CT molecular complexity index is 528. The van der Waals surface area contributed by atoms with E-state index in [-0.39, 0.29) is 0 Å². The van der Waals surface area contributed by atoms with Gasteiger partial charge >= 0.3 is 0 Å². The van der Waals surface area contributed by atoms with E-state index in [1.54, 1.807) is 0 Å². The van der Waals surface area contributed by atoms with E-state index >= 15 is 0 Å². The second kappa shape index (κ2) is 5.41. The van der Waals surface area contributed by atoms with Crippen molar-refractivity contribution >= 4 is 22.5 Å². The third-order valence-corrected chi connectivity index (χ3v) is 46.9. The molecule has 0 radical (unpaired) electrons. The van der Waals surface area contributed by atoms with Gasteiger partial charge in [-0.3, -0.25) is 0 Å².